The fraction of sp³-hybridized carbons (Fsp3) is 0.211. The molecule has 1 heterocycles. The van der Waals surface area contributed by atoms with Crippen LogP contribution in [0.3, 0.4) is 0 Å². The summed E-state index contributed by atoms with van der Waals surface area (Å²) in [6, 6.07) is 12.1. The van der Waals surface area contributed by atoms with Gasteiger partial charge in [-0.1, -0.05) is 51.8 Å². The van der Waals surface area contributed by atoms with Crippen molar-refractivity contribution in [1.82, 2.24) is 0 Å². The van der Waals surface area contributed by atoms with Crippen LogP contribution in [0, 0.1) is 20.8 Å². The van der Waals surface area contributed by atoms with Crippen molar-refractivity contribution < 1.29 is 4.42 Å². The molecule has 0 amide bonds. The molecule has 1 aromatic heterocycles. The largest absolute Gasteiger partial charge is 0.422 e. The van der Waals surface area contributed by atoms with E-state index in [4.69, 9.17) is 4.42 Å². The fourth-order valence-electron chi connectivity index (χ4n) is 2.88. The Kier molecular flexibility index (Phi) is 3.92. The molecule has 0 saturated carbocycles. The number of rotatable bonds is 2. The van der Waals surface area contributed by atoms with E-state index in [0.29, 0.717) is 16.5 Å². The molecule has 22 heavy (non-hydrogen) atoms. The normalized spacial score (nSPS) is 11.1. The van der Waals surface area contributed by atoms with Gasteiger partial charge in [0.15, 0.2) is 0 Å². The Morgan fingerprint density at radius 3 is 2.36 bits per heavy atom. The van der Waals surface area contributed by atoms with E-state index < -0.39 is 0 Å². The molecule has 0 unspecified atom stereocenters. The van der Waals surface area contributed by atoms with Gasteiger partial charge in [-0.2, -0.15) is 0 Å². The van der Waals surface area contributed by atoms with Crippen molar-refractivity contribution in [1.29, 1.82) is 0 Å². The Morgan fingerprint density at radius 2 is 1.68 bits per heavy atom. The van der Waals surface area contributed by atoms with Crippen LogP contribution in [0.25, 0.3) is 22.1 Å². The average molecular weight is 357 g/mol. The molecular formula is C19H17BrO2. The van der Waals surface area contributed by atoms with Gasteiger partial charge in [-0.25, -0.2) is 4.79 Å². The zero-order chi connectivity index (χ0) is 15.9. The first kappa shape index (κ1) is 15.0. The molecular weight excluding hydrogens is 340 g/mol. The molecule has 0 aliphatic carbocycles. The number of fused-ring (bicyclic) bond motifs is 1. The predicted molar refractivity (Wildman–Crippen MR) is 94.8 cm³/mol. The molecule has 0 fully saturated rings. The lowest BCUT2D eigenvalue weighted by Gasteiger charge is -2.12. The van der Waals surface area contributed by atoms with E-state index in [9.17, 15) is 4.79 Å². The van der Waals surface area contributed by atoms with E-state index in [2.05, 4.69) is 22.0 Å². The van der Waals surface area contributed by atoms with Gasteiger partial charge < -0.3 is 4.42 Å². The fourth-order valence-corrected chi connectivity index (χ4v) is 3.46. The second-order valence-electron chi connectivity index (χ2n) is 5.69. The summed E-state index contributed by atoms with van der Waals surface area (Å²) >= 11 is 3.54. The van der Waals surface area contributed by atoms with Gasteiger partial charge in [0.2, 0.25) is 0 Å². The summed E-state index contributed by atoms with van der Waals surface area (Å²) in [6.07, 6.45) is 0. The van der Waals surface area contributed by atoms with Gasteiger partial charge in [0, 0.05) is 10.7 Å². The van der Waals surface area contributed by atoms with E-state index in [1.54, 1.807) is 0 Å². The summed E-state index contributed by atoms with van der Waals surface area (Å²) in [6.45, 7) is 6.07. The van der Waals surface area contributed by atoms with E-state index >= 15 is 0 Å². The maximum Gasteiger partial charge on any atom is 0.344 e. The summed E-state index contributed by atoms with van der Waals surface area (Å²) in [5.74, 6) is 0. The van der Waals surface area contributed by atoms with E-state index in [1.165, 1.54) is 5.56 Å². The Hall–Kier alpha value is -1.87. The highest BCUT2D eigenvalue weighted by Crippen LogP contribution is 2.31. The van der Waals surface area contributed by atoms with Crippen LogP contribution < -0.4 is 5.63 Å². The maximum atomic E-state index is 12.6. The van der Waals surface area contributed by atoms with Crippen molar-refractivity contribution in [3.8, 4) is 11.1 Å². The van der Waals surface area contributed by atoms with Crippen molar-refractivity contribution in [2.45, 2.75) is 26.1 Å². The second kappa shape index (κ2) is 5.73. The molecule has 112 valence electrons. The smallest absolute Gasteiger partial charge is 0.344 e. The number of hydrogen-bond acceptors (Lipinski definition) is 2. The van der Waals surface area contributed by atoms with Crippen LogP contribution in [-0.2, 0) is 5.33 Å². The van der Waals surface area contributed by atoms with Gasteiger partial charge in [-0.05, 0) is 49.1 Å². The van der Waals surface area contributed by atoms with Crippen LogP contribution in [0.5, 0.6) is 0 Å². The molecule has 2 aromatic carbocycles. The first-order chi connectivity index (χ1) is 10.5. The highest BCUT2D eigenvalue weighted by atomic mass is 79.9. The van der Waals surface area contributed by atoms with E-state index in [1.807, 2.05) is 51.1 Å². The maximum absolute atomic E-state index is 12.6. The lowest BCUT2D eigenvalue weighted by molar-refractivity contribution is 0.562. The quantitative estimate of drug-likeness (QED) is 0.461. The zero-order valence-corrected chi connectivity index (χ0v) is 14.5. The predicted octanol–water partition coefficient (Wildman–Crippen LogP) is 5.28. The van der Waals surface area contributed by atoms with Crippen LogP contribution in [0.4, 0.5) is 0 Å². The molecule has 0 radical (unpaired) electrons. The summed E-state index contributed by atoms with van der Waals surface area (Å²) in [5, 5.41) is 1.60. The topological polar surface area (TPSA) is 30.2 Å². The minimum Gasteiger partial charge on any atom is -0.422 e. The van der Waals surface area contributed by atoms with E-state index in [0.717, 1.165) is 27.6 Å². The third-order valence-electron chi connectivity index (χ3n) is 3.96. The van der Waals surface area contributed by atoms with Crippen LogP contribution >= 0.6 is 15.9 Å². The van der Waals surface area contributed by atoms with Crippen LogP contribution in [-0.4, -0.2) is 0 Å². The van der Waals surface area contributed by atoms with Crippen molar-refractivity contribution in [3.63, 3.8) is 0 Å². The molecule has 0 spiro atoms. The third kappa shape index (κ3) is 2.50. The Labute approximate surface area is 137 Å². The summed E-state index contributed by atoms with van der Waals surface area (Å²) in [7, 11) is 0. The minimum absolute atomic E-state index is 0.278. The van der Waals surface area contributed by atoms with E-state index in [-0.39, 0.29) is 5.63 Å². The van der Waals surface area contributed by atoms with Gasteiger partial charge >= 0.3 is 5.63 Å². The van der Waals surface area contributed by atoms with Gasteiger partial charge in [-0.3, -0.25) is 0 Å². The monoisotopic (exact) mass is 356 g/mol. The molecule has 0 saturated heterocycles. The van der Waals surface area contributed by atoms with Crippen molar-refractivity contribution in [2.75, 3.05) is 0 Å². The molecule has 0 N–H and O–H groups in total. The lowest BCUT2D eigenvalue weighted by atomic mass is 9.95. The number of halogens is 1. The molecule has 0 aliphatic heterocycles. The van der Waals surface area contributed by atoms with Gasteiger partial charge in [0.05, 0.1) is 5.56 Å². The summed E-state index contributed by atoms with van der Waals surface area (Å²) < 4.78 is 5.58. The Balaban J connectivity index is 2.41. The van der Waals surface area contributed by atoms with Crippen molar-refractivity contribution in [2.24, 2.45) is 0 Å². The Bertz CT molecular complexity index is 923. The molecule has 3 rings (SSSR count). The summed E-state index contributed by atoms with van der Waals surface area (Å²) in [4.78, 5) is 12.6. The highest BCUT2D eigenvalue weighted by molar-refractivity contribution is 9.08. The molecule has 3 aromatic rings. The van der Waals surface area contributed by atoms with Crippen molar-refractivity contribution in [3.05, 3.63) is 69.1 Å². The third-order valence-corrected chi connectivity index (χ3v) is 4.52. The molecule has 2 nitrogen and oxygen atoms in total. The van der Waals surface area contributed by atoms with Crippen LogP contribution in [0.2, 0.25) is 0 Å². The summed E-state index contributed by atoms with van der Waals surface area (Å²) in [5.41, 5.74) is 6.30. The minimum atomic E-state index is -0.278. The standard InChI is InChI=1S/C19H17BrO2/c1-11-4-6-14(13(3)8-11)18-16(10-20)15-7-5-12(2)9-17(15)22-19(18)21/h4-9H,10H2,1-3H3. The van der Waals surface area contributed by atoms with Crippen molar-refractivity contribution >= 4 is 26.9 Å². The molecule has 3 heteroatoms. The zero-order valence-electron chi connectivity index (χ0n) is 12.9. The first-order valence-corrected chi connectivity index (χ1v) is 8.33. The SMILES string of the molecule is Cc1ccc(-c2c(CBr)c3ccc(C)cc3oc2=O)c(C)c1. The number of aryl methyl sites for hydroxylation is 3. The molecule has 0 atom stereocenters. The number of alkyl halides is 1. The van der Waals surface area contributed by atoms with Crippen LogP contribution in [0.1, 0.15) is 22.3 Å². The van der Waals surface area contributed by atoms with Crippen LogP contribution in [0.15, 0.2) is 45.6 Å². The Morgan fingerprint density at radius 1 is 1.00 bits per heavy atom. The van der Waals surface area contributed by atoms with Gasteiger partial charge in [-0.15, -0.1) is 0 Å². The number of hydrogen-bond donors (Lipinski definition) is 0. The lowest BCUT2D eigenvalue weighted by Crippen LogP contribution is -2.08. The molecule has 0 aliphatic rings. The van der Waals surface area contributed by atoms with Gasteiger partial charge in [0.25, 0.3) is 0 Å². The first-order valence-electron chi connectivity index (χ1n) is 7.21. The molecule has 0 bridgehead atoms. The number of benzene rings is 2. The second-order valence-corrected chi connectivity index (χ2v) is 6.26. The highest BCUT2D eigenvalue weighted by Gasteiger charge is 2.17. The van der Waals surface area contributed by atoms with Gasteiger partial charge in [0.1, 0.15) is 5.58 Å². The average Bonchev–Trinajstić information content (AvgIpc) is 2.46.